The molecule has 98 valence electrons. The molecule has 2 amide bonds. The molecule has 1 rings (SSSR count). The summed E-state index contributed by atoms with van der Waals surface area (Å²) < 4.78 is 0. The zero-order chi connectivity index (χ0) is 13.8. The zero-order valence-electron chi connectivity index (χ0n) is 10.3. The maximum Gasteiger partial charge on any atom is 0.335 e. The molecule has 3 N–H and O–H groups in total. The summed E-state index contributed by atoms with van der Waals surface area (Å²) in [5.74, 6) is 0. The third-order valence-electron chi connectivity index (χ3n) is 2.36. The van der Waals surface area contributed by atoms with Crippen LogP contribution in [0.25, 0.3) is 0 Å². The Morgan fingerprint density at radius 1 is 1.50 bits per heavy atom. The number of hydrogen-bond acceptors (Lipinski definition) is 3. The summed E-state index contributed by atoms with van der Waals surface area (Å²) in [4.78, 5) is 11.3. The van der Waals surface area contributed by atoms with Gasteiger partial charge in [0.25, 0.3) is 0 Å². The summed E-state index contributed by atoms with van der Waals surface area (Å²) in [7, 11) is 0. The number of carbonyl (C=O) groups is 1. The average molecular weight is 270 g/mol. The van der Waals surface area contributed by atoms with Crippen molar-refractivity contribution in [1.82, 2.24) is 5.01 Å². The van der Waals surface area contributed by atoms with Gasteiger partial charge in [-0.1, -0.05) is 23.7 Å². The Balaban J connectivity index is 2.91. The highest BCUT2D eigenvalue weighted by Crippen LogP contribution is 2.14. The van der Waals surface area contributed by atoms with E-state index in [2.05, 4.69) is 5.10 Å². The molecule has 0 radical (unpaired) electrons. The number of primary amides is 1. The van der Waals surface area contributed by atoms with Gasteiger partial charge in [0.1, 0.15) is 0 Å². The van der Waals surface area contributed by atoms with Crippen molar-refractivity contribution in [2.75, 3.05) is 6.61 Å². The van der Waals surface area contributed by atoms with Gasteiger partial charge in [0.2, 0.25) is 0 Å². The van der Waals surface area contributed by atoms with E-state index in [0.717, 1.165) is 10.6 Å². The van der Waals surface area contributed by atoms with Crippen molar-refractivity contribution < 1.29 is 9.90 Å². The molecule has 0 aliphatic rings. The van der Waals surface area contributed by atoms with Gasteiger partial charge in [0, 0.05) is 5.02 Å². The van der Waals surface area contributed by atoms with Gasteiger partial charge in [-0.05, 0) is 31.5 Å². The highest BCUT2D eigenvalue weighted by atomic mass is 35.5. The second kappa shape index (κ2) is 5.84. The molecule has 0 aromatic heterocycles. The van der Waals surface area contributed by atoms with Gasteiger partial charge < -0.3 is 10.8 Å². The number of aliphatic hydroxyl groups excluding tert-OH is 1. The van der Waals surface area contributed by atoms with E-state index in [1.807, 2.05) is 0 Å². The van der Waals surface area contributed by atoms with Crippen LogP contribution in [0.3, 0.4) is 0 Å². The zero-order valence-corrected chi connectivity index (χ0v) is 11.1. The Morgan fingerprint density at radius 2 is 2.06 bits per heavy atom. The van der Waals surface area contributed by atoms with E-state index >= 15 is 0 Å². The number of benzene rings is 1. The van der Waals surface area contributed by atoms with Crippen molar-refractivity contribution in [2.45, 2.75) is 19.4 Å². The van der Waals surface area contributed by atoms with Gasteiger partial charge >= 0.3 is 6.03 Å². The molecule has 0 aliphatic heterocycles. The number of hydrazone groups is 1. The highest BCUT2D eigenvalue weighted by Gasteiger charge is 2.28. The molecule has 6 heteroatoms. The summed E-state index contributed by atoms with van der Waals surface area (Å²) in [6.07, 6.45) is 1.48. The molecule has 5 nitrogen and oxygen atoms in total. The van der Waals surface area contributed by atoms with Crippen LogP contribution in [0.5, 0.6) is 0 Å². The third kappa shape index (κ3) is 3.72. The third-order valence-corrected chi connectivity index (χ3v) is 2.61. The second-order valence-electron chi connectivity index (χ2n) is 4.42. The molecule has 0 spiro atoms. The van der Waals surface area contributed by atoms with Crippen LogP contribution in [0.15, 0.2) is 29.4 Å². The SMILES string of the molecule is CC(C)(CO)N(/N=C/c1ccc(Cl)cc1)C(N)=O. The van der Waals surface area contributed by atoms with Crippen LogP contribution in [0, 0.1) is 0 Å². The van der Waals surface area contributed by atoms with Gasteiger partial charge in [-0.3, -0.25) is 0 Å². The summed E-state index contributed by atoms with van der Waals surface area (Å²) >= 11 is 5.76. The van der Waals surface area contributed by atoms with Crippen molar-refractivity contribution in [3.05, 3.63) is 34.9 Å². The van der Waals surface area contributed by atoms with E-state index in [4.69, 9.17) is 17.3 Å². The van der Waals surface area contributed by atoms with E-state index < -0.39 is 11.6 Å². The van der Waals surface area contributed by atoms with Crippen LogP contribution < -0.4 is 5.73 Å². The van der Waals surface area contributed by atoms with Crippen molar-refractivity contribution in [2.24, 2.45) is 10.8 Å². The van der Waals surface area contributed by atoms with Crippen LogP contribution in [0.2, 0.25) is 5.02 Å². The molecule has 0 unspecified atom stereocenters. The first-order chi connectivity index (χ1) is 8.36. The normalized spacial score (nSPS) is 11.8. The number of rotatable bonds is 4. The number of nitrogens with zero attached hydrogens (tertiary/aromatic N) is 2. The monoisotopic (exact) mass is 269 g/mol. The number of urea groups is 1. The maximum atomic E-state index is 11.3. The lowest BCUT2D eigenvalue weighted by Gasteiger charge is -2.31. The number of aliphatic hydroxyl groups is 1. The Morgan fingerprint density at radius 3 is 2.50 bits per heavy atom. The van der Waals surface area contributed by atoms with Crippen LogP contribution in [-0.2, 0) is 0 Å². The predicted molar refractivity (Wildman–Crippen MR) is 71.6 cm³/mol. The minimum atomic E-state index is -0.852. The molecule has 0 bridgehead atoms. The molecule has 0 heterocycles. The maximum absolute atomic E-state index is 11.3. The summed E-state index contributed by atoms with van der Waals surface area (Å²) in [5.41, 5.74) is 5.15. The average Bonchev–Trinajstić information content (AvgIpc) is 2.31. The Labute approximate surface area is 111 Å². The fourth-order valence-corrected chi connectivity index (χ4v) is 1.38. The van der Waals surface area contributed by atoms with Crippen molar-refractivity contribution in [1.29, 1.82) is 0 Å². The number of halogens is 1. The second-order valence-corrected chi connectivity index (χ2v) is 4.85. The quantitative estimate of drug-likeness (QED) is 0.646. The van der Waals surface area contributed by atoms with Gasteiger partial charge in [0.05, 0.1) is 18.4 Å². The summed E-state index contributed by atoms with van der Waals surface area (Å²) in [6.45, 7) is 3.09. The first-order valence-electron chi connectivity index (χ1n) is 5.37. The Kier molecular flexibility index (Phi) is 4.69. The molecule has 18 heavy (non-hydrogen) atoms. The van der Waals surface area contributed by atoms with Gasteiger partial charge in [-0.2, -0.15) is 5.10 Å². The molecular formula is C12H16ClN3O2. The largest absolute Gasteiger partial charge is 0.394 e. The lowest BCUT2D eigenvalue weighted by molar-refractivity contribution is 0.0873. The van der Waals surface area contributed by atoms with E-state index in [0.29, 0.717) is 5.02 Å². The van der Waals surface area contributed by atoms with Gasteiger partial charge in [-0.25, -0.2) is 9.80 Å². The van der Waals surface area contributed by atoms with E-state index in [9.17, 15) is 9.90 Å². The molecule has 0 saturated carbocycles. The van der Waals surface area contributed by atoms with Crippen molar-refractivity contribution in [3.63, 3.8) is 0 Å². The molecule has 0 aliphatic carbocycles. The van der Waals surface area contributed by atoms with Crippen LogP contribution in [0.4, 0.5) is 4.79 Å². The van der Waals surface area contributed by atoms with E-state index in [1.165, 1.54) is 6.21 Å². The van der Waals surface area contributed by atoms with E-state index in [-0.39, 0.29) is 6.61 Å². The fourth-order valence-electron chi connectivity index (χ4n) is 1.25. The molecule has 0 atom stereocenters. The fraction of sp³-hybridized carbons (Fsp3) is 0.333. The first-order valence-corrected chi connectivity index (χ1v) is 5.74. The van der Waals surface area contributed by atoms with Crippen molar-refractivity contribution in [3.8, 4) is 0 Å². The molecule has 1 aromatic rings. The van der Waals surface area contributed by atoms with Crippen molar-refractivity contribution >= 4 is 23.8 Å². The molecule has 1 aromatic carbocycles. The lowest BCUT2D eigenvalue weighted by atomic mass is 10.1. The van der Waals surface area contributed by atoms with Crippen LogP contribution >= 0.6 is 11.6 Å². The number of carbonyl (C=O) groups excluding carboxylic acids is 1. The van der Waals surface area contributed by atoms with Gasteiger partial charge in [-0.15, -0.1) is 0 Å². The van der Waals surface area contributed by atoms with Gasteiger partial charge in [0.15, 0.2) is 0 Å². The number of nitrogens with two attached hydrogens (primary N) is 1. The smallest absolute Gasteiger partial charge is 0.335 e. The summed E-state index contributed by atoms with van der Waals surface area (Å²) in [6, 6.07) is 6.23. The van der Waals surface area contributed by atoms with E-state index in [1.54, 1.807) is 38.1 Å². The highest BCUT2D eigenvalue weighted by molar-refractivity contribution is 6.30. The molecular weight excluding hydrogens is 254 g/mol. The first kappa shape index (κ1) is 14.5. The number of hydrogen-bond donors (Lipinski definition) is 2. The summed E-state index contributed by atoms with van der Waals surface area (Å²) in [5, 5.41) is 14.9. The predicted octanol–water partition coefficient (Wildman–Crippen LogP) is 1.83. The molecule has 0 saturated heterocycles. The number of amides is 2. The minimum absolute atomic E-state index is 0.242. The van der Waals surface area contributed by atoms with Crippen LogP contribution in [0.1, 0.15) is 19.4 Å². The standard InChI is InChI=1S/C12H16ClN3O2/c1-12(2,8-17)16(11(14)18)15-7-9-3-5-10(13)6-4-9/h3-7,17H,8H2,1-2H3,(H2,14,18)/b15-7+. The minimum Gasteiger partial charge on any atom is -0.394 e. The molecule has 0 fully saturated rings. The lowest BCUT2D eigenvalue weighted by Crippen LogP contribution is -2.49. The Hall–Kier alpha value is -1.59. The van der Waals surface area contributed by atoms with Crippen LogP contribution in [-0.4, -0.2) is 34.5 Å². The topological polar surface area (TPSA) is 78.9 Å². The Bertz CT molecular complexity index is 443.